The second-order valence-corrected chi connectivity index (χ2v) is 5.49. The highest BCUT2D eigenvalue weighted by molar-refractivity contribution is 5.94. The van der Waals surface area contributed by atoms with E-state index in [0.717, 1.165) is 25.2 Å². The third kappa shape index (κ3) is 3.44. The molecule has 0 aliphatic carbocycles. The van der Waals surface area contributed by atoms with Crippen LogP contribution in [0.2, 0.25) is 0 Å². The molecular weight excluding hydrogens is 280 g/mol. The van der Waals surface area contributed by atoms with Crippen molar-refractivity contribution in [2.24, 2.45) is 0 Å². The van der Waals surface area contributed by atoms with Crippen LogP contribution in [0.25, 0.3) is 0 Å². The van der Waals surface area contributed by atoms with E-state index >= 15 is 0 Å². The fourth-order valence-corrected chi connectivity index (χ4v) is 2.55. The molecule has 1 aliphatic heterocycles. The van der Waals surface area contributed by atoms with E-state index in [9.17, 15) is 9.59 Å². The van der Waals surface area contributed by atoms with E-state index < -0.39 is 0 Å². The van der Waals surface area contributed by atoms with E-state index in [1.807, 2.05) is 4.90 Å². The van der Waals surface area contributed by atoms with Gasteiger partial charge < -0.3 is 15.1 Å². The highest BCUT2D eigenvalue weighted by atomic mass is 16.2. The Morgan fingerprint density at radius 2 is 2.27 bits per heavy atom. The molecule has 22 heavy (non-hydrogen) atoms. The van der Waals surface area contributed by atoms with E-state index in [0.29, 0.717) is 12.1 Å². The van der Waals surface area contributed by atoms with Gasteiger partial charge in [-0.3, -0.25) is 9.59 Å². The molecule has 1 saturated heterocycles. The number of amides is 2. The fourth-order valence-electron chi connectivity index (χ4n) is 2.55. The van der Waals surface area contributed by atoms with Crippen LogP contribution in [0.3, 0.4) is 0 Å². The lowest BCUT2D eigenvalue weighted by Crippen LogP contribution is -2.43. The fraction of sp³-hybridized carbons (Fsp3) is 0.438. The van der Waals surface area contributed by atoms with Crippen molar-refractivity contribution in [2.75, 3.05) is 32.1 Å². The van der Waals surface area contributed by atoms with Crippen LogP contribution in [-0.4, -0.2) is 54.9 Å². The molecule has 1 aliphatic rings. The molecule has 2 rings (SSSR count). The average Bonchev–Trinajstić information content (AvgIpc) is 3.01. The first-order valence-electron chi connectivity index (χ1n) is 7.37. The number of hydrogen-bond acceptors (Lipinski definition) is 4. The molecule has 118 valence electrons. The van der Waals surface area contributed by atoms with E-state index in [1.54, 1.807) is 43.4 Å². The number of carbonyl (C=O) groups excluding carboxylic acids is 2. The van der Waals surface area contributed by atoms with Crippen LogP contribution in [0.5, 0.6) is 0 Å². The van der Waals surface area contributed by atoms with Gasteiger partial charge in [0.15, 0.2) is 0 Å². The van der Waals surface area contributed by atoms with Gasteiger partial charge in [0.05, 0.1) is 5.56 Å². The van der Waals surface area contributed by atoms with Gasteiger partial charge in [-0.05, 0) is 25.0 Å². The Labute approximate surface area is 130 Å². The molecule has 6 nitrogen and oxygen atoms in total. The number of aromatic nitrogens is 1. The standard InChI is InChI=1S/C16H22N4O2/c1-4-9-17-15(21)12-7-8-14(18-11-12)20-10-5-6-13(20)16(22)19(2)3/h4,7-8,11,13H,1,5-6,9-10H2,2-3H3,(H,17,21). The van der Waals surface area contributed by atoms with Crippen molar-refractivity contribution in [3.05, 3.63) is 36.5 Å². The molecule has 0 radical (unpaired) electrons. The lowest BCUT2D eigenvalue weighted by atomic mass is 10.2. The Balaban J connectivity index is 2.11. The molecule has 1 atom stereocenters. The van der Waals surface area contributed by atoms with Gasteiger partial charge >= 0.3 is 0 Å². The molecule has 2 heterocycles. The van der Waals surface area contributed by atoms with Gasteiger partial charge in [-0.1, -0.05) is 6.08 Å². The summed E-state index contributed by atoms with van der Waals surface area (Å²) in [7, 11) is 3.53. The molecule has 6 heteroatoms. The minimum absolute atomic E-state index is 0.0899. The minimum atomic E-state index is -0.179. The lowest BCUT2D eigenvalue weighted by Gasteiger charge is -2.27. The smallest absolute Gasteiger partial charge is 0.253 e. The maximum absolute atomic E-state index is 12.2. The number of pyridine rings is 1. The summed E-state index contributed by atoms with van der Waals surface area (Å²) < 4.78 is 0. The van der Waals surface area contributed by atoms with Crippen molar-refractivity contribution < 1.29 is 9.59 Å². The van der Waals surface area contributed by atoms with Crippen LogP contribution >= 0.6 is 0 Å². The molecule has 0 aromatic carbocycles. The molecule has 1 aromatic rings. The summed E-state index contributed by atoms with van der Waals surface area (Å²) in [5.41, 5.74) is 0.500. The quantitative estimate of drug-likeness (QED) is 0.826. The highest BCUT2D eigenvalue weighted by Crippen LogP contribution is 2.24. The second kappa shape index (κ2) is 7.06. The van der Waals surface area contributed by atoms with Gasteiger partial charge in [0.2, 0.25) is 5.91 Å². The molecule has 1 N–H and O–H groups in total. The summed E-state index contributed by atoms with van der Waals surface area (Å²) in [6.07, 6.45) is 4.97. The Hall–Kier alpha value is -2.37. The third-order valence-electron chi connectivity index (χ3n) is 3.69. The summed E-state index contributed by atoms with van der Waals surface area (Å²) in [6.45, 7) is 4.79. The minimum Gasteiger partial charge on any atom is -0.349 e. The predicted octanol–water partition coefficient (Wildman–Crippen LogP) is 1.05. The van der Waals surface area contributed by atoms with E-state index in [-0.39, 0.29) is 17.9 Å². The average molecular weight is 302 g/mol. The first-order chi connectivity index (χ1) is 10.5. The number of likely N-dealkylation sites (N-methyl/N-ethyl adjacent to an activating group) is 1. The Morgan fingerprint density at radius 3 is 2.86 bits per heavy atom. The van der Waals surface area contributed by atoms with Gasteiger partial charge in [0, 0.05) is 33.4 Å². The summed E-state index contributed by atoms with van der Waals surface area (Å²) in [5.74, 6) is 0.645. The molecule has 0 bridgehead atoms. The van der Waals surface area contributed by atoms with Gasteiger partial charge in [0.1, 0.15) is 11.9 Å². The highest BCUT2D eigenvalue weighted by Gasteiger charge is 2.32. The first-order valence-corrected chi connectivity index (χ1v) is 7.37. The van der Waals surface area contributed by atoms with Crippen LogP contribution in [0.4, 0.5) is 5.82 Å². The van der Waals surface area contributed by atoms with Gasteiger partial charge in [-0.15, -0.1) is 6.58 Å². The molecule has 1 unspecified atom stereocenters. The normalized spacial score (nSPS) is 17.2. The zero-order valence-corrected chi connectivity index (χ0v) is 13.1. The second-order valence-electron chi connectivity index (χ2n) is 5.49. The lowest BCUT2D eigenvalue weighted by molar-refractivity contribution is -0.129. The predicted molar refractivity (Wildman–Crippen MR) is 85.8 cm³/mol. The van der Waals surface area contributed by atoms with Crippen LogP contribution in [0.1, 0.15) is 23.2 Å². The molecular formula is C16H22N4O2. The monoisotopic (exact) mass is 302 g/mol. The van der Waals surface area contributed by atoms with Crippen molar-refractivity contribution in [1.29, 1.82) is 0 Å². The van der Waals surface area contributed by atoms with Crippen molar-refractivity contribution >= 4 is 17.6 Å². The zero-order chi connectivity index (χ0) is 16.1. The third-order valence-corrected chi connectivity index (χ3v) is 3.69. The number of nitrogens with zero attached hydrogens (tertiary/aromatic N) is 3. The van der Waals surface area contributed by atoms with Crippen molar-refractivity contribution in [2.45, 2.75) is 18.9 Å². The molecule has 1 aromatic heterocycles. The first kappa shape index (κ1) is 16.0. The molecule has 1 fully saturated rings. The Bertz CT molecular complexity index is 554. The topological polar surface area (TPSA) is 65.5 Å². The Kier molecular flexibility index (Phi) is 5.14. The molecule has 0 spiro atoms. The number of anilines is 1. The van der Waals surface area contributed by atoms with Gasteiger partial charge in [0.25, 0.3) is 5.91 Å². The summed E-state index contributed by atoms with van der Waals surface area (Å²) in [6, 6.07) is 3.36. The van der Waals surface area contributed by atoms with Crippen LogP contribution in [0.15, 0.2) is 31.0 Å². The largest absolute Gasteiger partial charge is 0.349 e. The van der Waals surface area contributed by atoms with Crippen molar-refractivity contribution in [1.82, 2.24) is 15.2 Å². The van der Waals surface area contributed by atoms with Crippen molar-refractivity contribution in [3.8, 4) is 0 Å². The van der Waals surface area contributed by atoms with Gasteiger partial charge in [-0.2, -0.15) is 0 Å². The number of nitrogens with one attached hydrogen (secondary N) is 1. The summed E-state index contributed by atoms with van der Waals surface area (Å²) in [5, 5.41) is 2.71. The number of hydrogen-bond donors (Lipinski definition) is 1. The SMILES string of the molecule is C=CCNC(=O)c1ccc(N2CCCC2C(=O)N(C)C)nc1. The zero-order valence-electron chi connectivity index (χ0n) is 13.1. The van der Waals surface area contributed by atoms with E-state index in [1.165, 1.54) is 0 Å². The van der Waals surface area contributed by atoms with Crippen molar-refractivity contribution in [3.63, 3.8) is 0 Å². The van der Waals surface area contributed by atoms with E-state index in [2.05, 4.69) is 16.9 Å². The Morgan fingerprint density at radius 1 is 1.50 bits per heavy atom. The van der Waals surface area contributed by atoms with Crippen LogP contribution in [0, 0.1) is 0 Å². The maximum atomic E-state index is 12.2. The summed E-state index contributed by atoms with van der Waals surface area (Å²) in [4.78, 5) is 32.0. The summed E-state index contributed by atoms with van der Waals surface area (Å²) >= 11 is 0. The van der Waals surface area contributed by atoms with E-state index in [4.69, 9.17) is 0 Å². The van der Waals surface area contributed by atoms with Crippen LogP contribution in [-0.2, 0) is 4.79 Å². The van der Waals surface area contributed by atoms with Crippen LogP contribution < -0.4 is 10.2 Å². The maximum Gasteiger partial charge on any atom is 0.253 e. The van der Waals surface area contributed by atoms with Gasteiger partial charge in [-0.25, -0.2) is 4.98 Å². The molecule has 0 saturated carbocycles. The number of rotatable bonds is 5. The number of carbonyl (C=O) groups is 2. The molecule has 2 amide bonds.